The molecule has 2 N–H and O–H groups in total. The summed E-state index contributed by atoms with van der Waals surface area (Å²) in [7, 11) is 0. The molecule has 0 radical (unpaired) electrons. The van der Waals surface area contributed by atoms with Gasteiger partial charge in [0.15, 0.2) is 0 Å². The molecule has 0 saturated carbocycles. The maximum atomic E-state index is 13.1. The van der Waals surface area contributed by atoms with Gasteiger partial charge in [-0.05, 0) is 17.7 Å². The number of nitrogens with one attached hydrogen (secondary N) is 1. The number of aromatic nitrogens is 1. The first kappa shape index (κ1) is 19.2. The summed E-state index contributed by atoms with van der Waals surface area (Å²) in [6.45, 7) is 3.56. The van der Waals surface area contributed by atoms with Crippen molar-refractivity contribution in [2.45, 2.75) is 18.5 Å². The van der Waals surface area contributed by atoms with Gasteiger partial charge in [0.05, 0.1) is 17.2 Å². The number of hydrogen-bond acceptors (Lipinski definition) is 3. The van der Waals surface area contributed by atoms with E-state index in [4.69, 9.17) is 0 Å². The number of halogens is 6. The lowest BCUT2D eigenvalue weighted by atomic mass is 9.99. The highest BCUT2D eigenvalue weighted by atomic mass is 19.4. The predicted octanol–water partition coefficient (Wildman–Crippen LogP) is 4.08. The number of hydrogen-bond donors (Lipinski definition) is 2. The van der Waals surface area contributed by atoms with E-state index in [0.29, 0.717) is 12.1 Å². The van der Waals surface area contributed by atoms with Crippen molar-refractivity contribution in [1.29, 1.82) is 0 Å². The first-order valence-corrected chi connectivity index (χ1v) is 7.13. The van der Waals surface area contributed by atoms with Crippen molar-refractivity contribution in [2.24, 2.45) is 0 Å². The minimum atomic E-state index is -4.95. The van der Waals surface area contributed by atoms with Crippen molar-refractivity contribution in [3.63, 3.8) is 0 Å². The highest BCUT2D eigenvalue weighted by Gasteiger charge is 2.37. The molecule has 1 aromatic heterocycles. The number of aliphatic hydroxyl groups excluding tert-OH is 1. The van der Waals surface area contributed by atoms with E-state index >= 15 is 0 Å². The van der Waals surface area contributed by atoms with Gasteiger partial charge in [-0.15, -0.1) is 6.58 Å². The summed E-state index contributed by atoms with van der Waals surface area (Å²) in [5.41, 5.74) is -3.90. The van der Waals surface area contributed by atoms with Gasteiger partial charge in [-0.25, -0.2) is 4.98 Å². The van der Waals surface area contributed by atoms with Gasteiger partial charge < -0.3 is 10.4 Å². The summed E-state index contributed by atoms with van der Waals surface area (Å²) in [5, 5.41) is 12.7. The second-order valence-corrected chi connectivity index (χ2v) is 5.26. The Kier molecular flexibility index (Phi) is 5.38. The van der Waals surface area contributed by atoms with E-state index in [2.05, 4.69) is 16.9 Å². The van der Waals surface area contributed by atoms with E-state index < -0.39 is 35.2 Å². The third-order valence-corrected chi connectivity index (χ3v) is 3.45. The Labute approximate surface area is 139 Å². The second-order valence-electron chi connectivity index (χ2n) is 5.26. The van der Waals surface area contributed by atoms with Gasteiger partial charge in [0, 0.05) is 18.5 Å². The first-order chi connectivity index (χ1) is 11.6. The summed E-state index contributed by atoms with van der Waals surface area (Å²) >= 11 is 0. The Bertz CT molecular complexity index is 770. The lowest BCUT2D eigenvalue weighted by Gasteiger charge is -2.18. The lowest BCUT2D eigenvalue weighted by molar-refractivity contribution is -0.142. The molecule has 0 aliphatic carbocycles. The molecule has 3 nitrogen and oxygen atoms in total. The average Bonchev–Trinajstić information content (AvgIpc) is 2.51. The van der Waals surface area contributed by atoms with Crippen molar-refractivity contribution in [1.82, 2.24) is 10.3 Å². The lowest BCUT2D eigenvalue weighted by Crippen LogP contribution is -2.22. The fraction of sp³-hybridized carbons (Fsp3) is 0.312. The van der Waals surface area contributed by atoms with Gasteiger partial charge in [-0.1, -0.05) is 18.2 Å². The maximum absolute atomic E-state index is 13.1. The van der Waals surface area contributed by atoms with Crippen LogP contribution in [0, 0.1) is 0 Å². The van der Waals surface area contributed by atoms with Gasteiger partial charge in [0.25, 0.3) is 0 Å². The van der Waals surface area contributed by atoms with Crippen LogP contribution in [0.5, 0.6) is 0 Å². The third-order valence-electron chi connectivity index (χ3n) is 3.45. The monoisotopic (exact) mass is 364 g/mol. The molecule has 0 spiro atoms. The minimum Gasteiger partial charge on any atom is -0.387 e. The average molecular weight is 364 g/mol. The number of para-hydroxylation sites is 1. The van der Waals surface area contributed by atoms with Crippen LogP contribution in [0.1, 0.15) is 22.9 Å². The van der Waals surface area contributed by atoms with Crippen LogP contribution >= 0.6 is 0 Å². The summed E-state index contributed by atoms with van der Waals surface area (Å²) in [6.07, 6.45) is -9.80. The summed E-state index contributed by atoms with van der Waals surface area (Å²) < 4.78 is 78.5. The fourth-order valence-corrected chi connectivity index (χ4v) is 2.36. The minimum absolute atomic E-state index is 0.154. The zero-order valence-electron chi connectivity index (χ0n) is 12.7. The number of fused-ring (bicyclic) bond motifs is 1. The molecule has 0 aliphatic heterocycles. The quantitative estimate of drug-likeness (QED) is 0.477. The van der Waals surface area contributed by atoms with Crippen molar-refractivity contribution in [2.75, 3.05) is 13.1 Å². The molecule has 25 heavy (non-hydrogen) atoms. The topological polar surface area (TPSA) is 45.1 Å². The Hall–Kier alpha value is -2.13. The van der Waals surface area contributed by atoms with Crippen molar-refractivity contribution in [3.8, 4) is 0 Å². The van der Waals surface area contributed by atoms with Gasteiger partial charge in [-0.3, -0.25) is 0 Å². The Balaban J connectivity index is 2.69. The number of rotatable bonds is 5. The molecule has 9 heteroatoms. The zero-order chi connectivity index (χ0) is 18.8. The summed E-state index contributed by atoms with van der Waals surface area (Å²) in [5.74, 6) is 0. The number of aliphatic hydroxyl groups is 1. The van der Waals surface area contributed by atoms with Crippen LogP contribution in [-0.2, 0) is 12.4 Å². The highest BCUT2D eigenvalue weighted by Crippen LogP contribution is 2.38. The molecule has 1 aromatic carbocycles. The van der Waals surface area contributed by atoms with Crippen LogP contribution in [0.15, 0.2) is 36.9 Å². The third kappa shape index (κ3) is 4.29. The van der Waals surface area contributed by atoms with Crippen LogP contribution in [0.2, 0.25) is 0 Å². The van der Waals surface area contributed by atoms with E-state index in [9.17, 15) is 31.4 Å². The Morgan fingerprint density at radius 2 is 1.84 bits per heavy atom. The number of pyridine rings is 1. The molecule has 1 heterocycles. The van der Waals surface area contributed by atoms with E-state index in [0.717, 1.165) is 6.07 Å². The second kappa shape index (κ2) is 7.01. The number of nitrogens with zero attached hydrogens (tertiary/aromatic N) is 1. The molecule has 2 aromatic rings. The van der Waals surface area contributed by atoms with Crippen LogP contribution < -0.4 is 5.32 Å². The standard InChI is InChI=1S/C16H14F6N2O/c1-2-6-23-8-12(25)10-7-13(16(20,21)22)24-14-9(10)4-3-5-11(14)15(17,18)19/h2-5,7,12,23,25H,1,6,8H2. The predicted molar refractivity (Wildman–Crippen MR) is 79.8 cm³/mol. The van der Waals surface area contributed by atoms with Crippen molar-refractivity contribution < 1.29 is 31.4 Å². The molecule has 0 aliphatic rings. The molecule has 0 bridgehead atoms. The molecule has 2 rings (SSSR count). The maximum Gasteiger partial charge on any atom is 0.433 e. The van der Waals surface area contributed by atoms with Crippen LogP contribution in [0.4, 0.5) is 26.3 Å². The molecular formula is C16H14F6N2O. The molecule has 0 fully saturated rings. The van der Waals surface area contributed by atoms with Crippen molar-refractivity contribution in [3.05, 3.63) is 53.7 Å². The number of alkyl halides is 6. The molecular weight excluding hydrogens is 350 g/mol. The molecule has 1 atom stereocenters. The van der Waals surface area contributed by atoms with Crippen molar-refractivity contribution >= 4 is 10.9 Å². The Morgan fingerprint density at radius 1 is 1.16 bits per heavy atom. The van der Waals surface area contributed by atoms with Gasteiger partial charge in [0.2, 0.25) is 0 Å². The van der Waals surface area contributed by atoms with E-state index in [1.165, 1.54) is 12.1 Å². The zero-order valence-corrected chi connectivity index (χ0v) is 12.7. The first-order valence-electron chi connectivity index (χ1n) is 7.13. The molecule has 136 valence electrons. The largest absolute Gasteiger partial charge is 0.433 e. The van der Waals surface area contributed by atoms with Gasteiger partial charge in [0.1, 0.15) is 5.69 Å². The summed E-state index contributed by atoms with van der Waals surface area (Å²) in [4.78, 5) is 3.16. The fourth-order valence-electron chi connectivity index (χ4n) is 2.36. The molecule has 0 amide bonds. The molecule has 0 saturated heterocycles. The van der Waals surface area contributed by atoms with Crippen LogP contribution in [0.25, 0.3) is 10.9 Å². The smallest absolute Gasteiger partial charge is 0.387 e. The van der Waals surface area contributed by atoms with E-state index in [1.54, 1.807) is 0 Å². The van der Waals surface area contributed by atoms with Gasteiger partial charge in [-0.2, -0.15) is 26.3 Å². The molecule has 1 unspecified atom stereocenters. The highest BCUT2D eigenvalue weighted by molar-refractivity contribution is 5.86. The summed E-state index contributed by atoms with van der Waals surface area (Å²) in [6, 6.07) is 3.49. The van der Waals surface area contributed by atoms with Crippen LogP contribution in [0.3, 0.4) is 0 Å². The normalized spacial score (nSPS) is 13.9. The van der Waals surface area contributed by atoms with E-state index in [-0.39, 0.29) is 24.0 Å². The van der Waals surface area contributed by atoms with Crippen LogP contribution in [-0.4, -0.2) is 23.2 Å². The van der Waals surface area contributed by atoms with E-state index in [1.807, 2.05) is 0 Å². The number of benzene rings is 1. The SMILES string of the molecule is C=CCNCC(O)c1cc(C(F)(F)F)nc2c(C(F)(F)F)cccc12. The Morgan fingerprint density at radius 3 is 2.40 bits per heavy atom. The van der Waals surface area contributed by atoms with Gasteiger partial charge >= 0.3 is 12.4 Å².